The summed E-state index contributed by atoms with van der Waals surface area (Å²) in [4.78, 5) is 16.2. The topological polar surface area (TPSA) is 75.7 Å². The first kappa shape index (κ1) is 7.85. The minimum atomic E-state index is -2.22. The lowest BCUT2D eigenvalue weighted by atomic mass is 10.7. The molecular formula is C3H8NO3P. The van der Waals surface area contributed by atoms with Crippen molar-refractivity contribution in [2.24, 2.45) is 5.73 Å². The van der Waals surface area contributed by atoms with Gasteiger partial charge in [-0.3, -0.25) is 0 Å². The molecule has 0 aromatic rings. The van der Waals surface area contributed by atoms with Gasteiger partial charge in [-0.05, 0) is 12.3 Å². The van der Waals surface area contributed by atoms with E-state index in [-0.39, 0.29) is 6.61 Å². The molecule has 0 saturated heterocycles. The molecule has 0 aromatic heterocycles. The zero-order valence-corrected chi connectivity index (χ0v) is 5.08. The van der Waals surface area contributed by atoms with Crippen LogP contribution in [0.4, 0.5) is 0 Å². The Morgan fingerprint density at radius 3 is 2.62 bits per heavy atom. The normalized spacial score (nSPS) is 11.4. The van der Waals surface area contributed by atoms with Gasteiger partial charge in [-0.1, -0.05) is 0 Å². The van der Waals surface area contributed by atoms with E-state index in [1.807, 2.05) is 0 Å². The molecule has 0 rings (SSSR count). The summed E-state index contributed by atoms with van der Waals surface area (Å²) in [6.07, 6.45) is 2.75. The third kappa shape index (κ3) is 5.85. The Labute approximate surface area is 48.6 Å². The Morgan fingerprint density at radius 2 is 2.25 bits per heavy atom. The second-order valence-corrected chi connectivity index (χ2v) is 1.74. The molecule has 48 valence electrons. The van der Waals surface area contributed by atoms with E-state index in [0.717, 1.165) is 0 Å². The molecule has 0 aromatic carbocycles. The summed E-state index contributed by atoms with van der Waals surface area (Å²) in [5, 5.41) is 0. The lowest BCUT2D eigenvalue weighted by molar-refractivity contribution is 0.282. The van der Waals surface area contributed by atoms with E-state index >= 15 is 0 Å². The maximum Gasteiger partial charge on any atom is 0.327 e. The summed E-state index contributed by atoms with van der Waals surface area (Å²) in [7, 11) is -2.22. The average molecular weight is 137 g/mol. The monoisotopic (exact) mass is 137 g/mol. The summed E-state index contributed by atoms with van der Waals surface area (Å²) in [6, 6.07) is 0. The fourth-order valence-electron chi connectivity index (χ4n) is 0.165. The van der Waals surface area contributed by atoms with Crippen molar-refractivity contribution in [1.29, 1.82) is 0 Å². The minimum absolute atomic E-state index is 0.148. The van der Waals surface area contributed by atoms with Gasteiger partial charge in [0.15, 0.2) is 0 Å². The first-order valence-corrected chi connectivity index (χ1v) is 3.11. The number of hydrogen-bond acceptors (Lipinski definition) is 4. The molecule has 0 atom stereocenters. The Kier molecular flexibility index (Phi) is 4.90. The molecule has 0 aliphatic rings. The lowest BCUT2D eigenvalue weighted by Crippen LogP contribution is -1.85. The summed E-state index contributed by atoms with van der Waals surface area (Å²) in [5.41, 5.74) is 4.90. The fraction of sp³-hybridized carbons (Fsp3) is 0.333. The molecule has 0 aliphatic heterocycles. The van der Waals surface area contributed by atoms with Crippen LogP contribution < -0.4 is 5.73 Å². The Bertz CT molecular complexity index is 74.9. The molecule has 0 aliphatic carbocycles. The first-order chi connectivity index (χ1) is 3.77. The summed E-state index contributed by atoms with van der Waals surface area (Å²) in [5.74, 6) is 0. The van der Waals surface area contributed by atoms with E-state index < -0.39 is 8.60 Å². The molecule has 8 heavy (non-hydrogen) atoms. The third-order valence-electron chi connectivity index (χ3n) is 0.422. The Balaban J connectivity index is 2.93. The van der Waals surface area contributed by atoms with Gasteiger partial charge in [0.2, 0.25) is 0 Å². The predicted molar refractivity (Wildman–Crippen MR) is 30.6 cm³/mol. The molecule has 4 nitrogen and oxygen atoms in total. The molecule has 0 bridgehead atoms. The first-order valence-electron chi connectivity index (χ1n) is 1.95. The van der Waals surface area contributed by atoms with Crippen LogP contribution in [0.2, 0.25) is 0 Å². The van der Waals surface area contributed by atoms with Crippen molar-refractivity contribution < 1.29 is 14.3 Å². The largest absolute Gasteiger partial charge is 0.405 e. The van der Waals surface area contributed by atoms with Crippen LogP contribution >= 0.6 is 8.60 Å². The fourth-order valence-corrected chi connectivity index (χ4v) is 0.385. The van der Waals surface area contributed by atoms with Crippen molar-refractivity contribution in [3.8, 4) is 0 Å². The van der Waals surface area contributed by atoms with Crippen molar-refractivity contribution in [2.75, 3.05) is 6.61 Å². The van der Waals surface area contributed by atoms with Gasteiger partial charge in [0, 0.05) is 0 Å². The molecule has 5 heteroatoms. The predicted octanol–water partition coefficient (Wildman–Crippen LogP) is -0.313. The quantitative estimate of drug-likeness (QED) is 0.466. The van der Waals surface area contributed by atoms with Crippen LogP contribution in [0.15, 0.2) is 12.3 Å². The van der Waals surface area contributed by atoms with Gasteiger partial charge in [-0.15, -0.1) is 0 Å². The molecule has 4 N–H and O–H groups in total. The standard InChI is InChI=1S/C3H8NO3P/c4-2-1-3-7-8(5)6/h1-2,5-6H,3-4H2. The van der Waals surface area contributed by atoms with Crippen LogP contribution in [0.25, 0.3) is 0 Å². The van der Waals surface area contributed by atoms with Crippen LogP contribution in [0.1, 0.15) is 0 Å². The van der Waals surface area contributed by atoms with Crippen LogP contribution in [-0.4, -0.2) is 16.4 Å². The number of hydrogen-bond donors (Lipinski definition) is 3. The van der Waals surface area contributed by atoms with Gasteiger partial charge in [0.1, 0.15) is 0 Å². The van der Waals surface area contributed by atoms with Crippen LogP contribution in [0, 0.1) is 0 Å². The summed E-state index contributed by atoms with van der Waals surface area (Å²) >= 11 is 0. The van der Waals surface area contributed by atoms with E-state index in [1.54, 1.807) is 0 Å². The summed E-state index contributed by atoms with van der Waals surface area (Å²) in [6.45, 7) is 0.148. The maximum absolute atomic E-state index is 8.10. The van der Waals surface area contributed by atoms with E-state index in [4.69, 9.17) is 15.5 Å². The van der Waals surface area contributed by atoms with E-state index in [1.165, 1.54) is 12.3 Å². The van der Waals surface area contributed by atoms with Gasteiger partial charge in [-0.25, -0.2) is 0 Å². The highest BCUT2D eigenvalue weighted by atomic mass is 31.2. The van der Waals surface area contributed by atoms with E-state index in [0.29, 0.717) is 0 Å². The molecule has 0 heterocycles. The van der Waals surface area contributed by atoms with Gasteiger partial charge < -0.3 is 20.0 Å². The average Bonchev–Trinajstić information content (AvgIpc) is 1.66. The highest BCUT2D eigenvalue weighted by molar-refractivity contribution is 7.39. The third-order valence-corrected chi connectivity index (χ3v) is 0.802. The van der Waals surface area contributed by atoms with Gasteiger partial charge in [0.05, 0.1) is 6.61 Å². The molecule has 0 fully saturated rings. The van der Waals surface area contributed by atoms with Crippen molar-refractivity contribution in [1.82, 2.24) is 0 Å². The van der Waals surface area contributed by atoms with Crippen LogP contribution in [0.5, 0.6) is 0 Å². The minimum Gasteiger partial charge on any atom is -0.405 e. The Hall–Kier alpha value is -0.150. The molecule has 0 spiro atoms. The molecule has 0 amide bonds. The lowest BCUT2D eigenvalue weighted by Gasteiger charge is -1.96. The van der Waals surface area contributed by atoms with Crippen molar-refractivity contribution >= 4 is 8.60 Å². The highest BCUT2D eigenvalue weighted by Gasteiger charge is 1.92. The second kappa shape index (κ2) is 5.00. The SMILES string of the molecule is NC=CCOP(O)O. The summed E-state index contributed by atoms with van der Waals surface area (Å²) < 4.78 is 4.29. The van der Waals surface area contributed by atoms with Crippen LogP contribution in [-0.2, 0) is 4.52 Å². The zero-order chi connectivity index (χ0) is 6.41. The molecular weight excluding hydrogens is 129 g/mol. The maximum atomic E-state index is 8.10. The van der Waals surface area contributed by atoms with Gasteiger partial charge in [0.25, 0.3) is 0 Å². The van der Waals surface area contributed by atoms with Crippen LogP contribution in [0.3, 0.4) is 0 Å². The smallest absolute Gasteiger partial charge is 0.327 e. The number of rotatable bonds is 3. The second-order valence-electron chi connectivity index (χ2n) is 0.977. The molecule has 0 unspecified atom stereocenters. The number of nitrogens with two attached hydrogens (primary N) is 1. The molecule has 0 saturated carbocycles. The van der Waals surface area contributed by atoms with Gasteiger partial charge in [-0.2, -0.15) is 0 Å². The Morgan fingerprint density at radius 1 is 1.62 bits per heavy atom. The zero-order valence-electron chi connectivity index (χ0n) is 4.19. The van der Waals surface area contributed by atoms with Crippen molar-refractivity contribution in [3.05, 3.63) is 12.3 Å². The van der Waals surface area contributed by atoms with E-state index in [9.17, 15) is 0 Å². The van der Waals surface area contributed by atoms with Crippen molar-refractivity contribution in [2.45, 2.75) is 0 Å². The van der Waals surface area contributed by atoms with Gasteiger partial charge >= 0.3 is 8.60 Å². The highest BCUT2D eigenvalue weighted by Crippen LogP contribution is 2.23. The van der Waals surface area contributed by atoms with E-state index in [2.05, 4.69) is 4.52 Å². The molecule has 0 radical (unpaired) electrons. The van der Waals surface area contributed by atoms with Crippen molar-refractivity contribution in [3.63, 3.8) is 0 Å².